The quantitative estimate of drug-likeness (QED) is 0.375. The lowest BCUT2D eigenvalue weighted by Gasteiger charge is -2.23. The summed E-state index contributed by atoms with van der Waals surface area (Å²) in [6, 6.07) is 12.4. The molecule has 0 amide bonds. The summed E-state index contributed by atoms with van der Waals surface area (Å²) in [5.74, 6) is -2.45. The smallest absolute Gasteiger partial charge is 0.336 e. The summed E-state index contributed by atoms with van der Waals surface area (Å²) >= 11 is 0. The Hall–Kier alpha value is -3.06. The molecule has 0 fully saturated rings. The average Bonchev–Trinajstić information content (AvgIpc) is 2.54. The lowest BCUT2D eigenvalue weighted by Crippen LogP contribution is -2.51. The van der Waals surface area contributed by atoms with E-state index in [1.165, 1.54) is 30.3 Å². The second kappa shape index (κ2) is 5.74. The molecule has 0 spiro atoms. The van der Waals surface area contributed by atoms with Crippen LogP contribution in [0.15, 0.2) is 54.6 Å². The number of hydrogen-bond donors (Lipinski definition) is 2. The number of ketones is 1. The summed E-state index contributed by atoms with van der Waals surface area (Å²) in [6.07, 6.45) is 0. The van der Waals surface area contributed by atoms with Gasteiger partial charge in [-0.15, -0.1) is 0 Å². The molecule has 0 aliphatic carbocycles. The van der Waals surface area contributed by atoms with Gasteiger partial charge < -0.3 is 10.8 Å². The molecule has 0 saturated carbocycles. The van der Waals surface area contributed by atoms with Crippen molar-refractivity contribution < 1.29 is 19.6 Å². The molecule has 0 radical (unpaired) electrons. The zero-order valence-corrected chi connectivity index (χ0v) is 11.3. The molecule has 0 saturated heterocycles. The van der Waals surface area contributed by atoms with Crippen LogP contribution in [0.3, 0.4) is 0 Å². The lowest BCUT2D eigenvalue weighted by atomic mass is 9.83. The zero-order chi connectivity index (χ0) is 16.3. The first-order valence-corrected chi connectivity index (χ1v) is 6.24. The van der Waals surface area contributed by atoms with E-state index >= 15 is 0 Å². The number of carboxylic acid groups (broad SMARTS) is 1. The van der Waals surface area contributed by atoms with Crippen LogP contribution in [0, 0.1) is 10.1 Å². The van der Waals surface area contributed by atoms with E-state index in [1.54, 1.807) is 18.2 Å². The molecule has 112 valence electrons. The number of nitrogens with two attached hydrogens (primary N) is 1. The summed E-state index contributed by atoms with van der Waals surface area (Å²) in [5.41, 5.74) is 3.18. The number of nitrogens with zero attached hydrogens (tertiary/aromatic N) is 1. The van der Waals surface area contributed by atoms with Gasteiger partial charge in [0.25, 0.3) is 5.69 Å². The van der Waals surface area contributed by atoms with Crippen LogP contribution in [0.4, 0.5) is 5.69 Å². The number of rotatable bonds is 5. The highest BCUT2D eigenvalue weighted by atomic mass is 16.6. The van der Waals surface area contributed by atoms with Crippen molar-refractivity contribution in [2.75, 3.05) is 0 Å². The molecule has 3 N–H and O–H groups in total. The molecule has 2 rings (SSSR count). The topological polar surface area (TPSA) is 124 Å². The van der Waals surface area contributed by atoms with Crippen LogP contribution < -0.4 is 5.73 Å². The third-order valence-corrected chi connectivity index (χ3v) is 3.24. The van der Waals surface area contributed by atoms with E-state index in [0.717, 1.165) is 6.07 Å². The van der Waals surface area contributed by atoms with Gasteiger partial charge in [-0.3, -0.25) is 14.9 Å². The molecule has 2 aromatic carbocycles. The monoisotopic (exact) mass is 300 g/mol. The van der Waals surface area contributed by atoms with Gasteiger partial charge in [-0.1, -0.05) is 42.5 Å². The number of Topliss-reactive ketones (excluding diaryl/α,β-unsaturated/α-hetero) is 1. The molecule has 0 heterocycles. The number of carbonyl (C=O) groups is 2. The van der Waals surface area contributed by atoms with Gasteiger partial charge in [0.1, 0.15) is 0 Å². The maximum absolute atomic E-state index is 12.6. The lowest BCUT2D eigenvalue weighted by molar-refractivity contribution is -0.384. The molecule has 1 unspecified atom stereocenters. The Bertz CT molecular complexity index is 745. The maximum Gasteiger partial charge on any atom is 0.336 e. The van der Waals surface area contributed by atoms with E-state index in [-0.39, 0.29) is 16.8 Å². The van der Waals surface area contributed by atoms with Crippen molar-refractivity contribution in [1.82, 2.24) is 0 Å². The summed E-state index contributed by atoms with van der Waals surface area (Å²) in [7, 11) is 0. The number of non-ortho nitro benzene ring substituents is 1. The molecule has 7 nitrogen and oxygen atoms in total. The fourth-order valence-corrected chi connectivity index (χ4v) is 2.04. The van der Waals surface area contributed by atoms with Gasteiger partial charge >= 0.3 is 5.97 Å². The van der Waals surface area contributed by atoms with Gasteiger partial charge in [-0.25, -0.2) is 4.79 Å². The van der Waals surface area contributed by atoms with E-state index in [2.05, 4.69) is 0 Å². The van der Waals surface area contributed by atoms with E-state index < -0.39 is 22.2 Å². The first-order chi connectivity index (χ1) is 10.4. The van der Waals surface area contributed by atoms with Crippen molar-refractivity contribution in [1.29, 1.82) is 0 Å². The van der Waals surface area contributed by atoms with Gasteiger partial charge in [-0.2, -0.15) is 0 Å². The highest BCUT2D eigenvalue weighted by Gasteiger charge is 2.44. The van der Waals surface area contributed by atoms with Crippen molar-refractivity contribution in [3.63, 3.8) is 0 Å². The Morgan fingerprint density at radius 2 is 1.73 bits per heavy atom. The SMILES string of the molecule is NC(C(=O)O)(C(=O)c1cccc([N+](=O)[O-])c1)c1ccccc1. The fraction of sp³-hybridized carbons (Fsp3) is 0.0667. The minimum Gasteiger partial charge on any atom is -0.479 e. The Morgan fingerprint density at radius 3 is 2.27 bits per heavy atom. The van der Waals surface area contributed by atoms with Crippen molar-refractivity contribution in [3.05, 3.63) is 75.8 Å². The highest BCUT2D eigenvalue weighted by Crippen LogP contribution is 2.25. The molecular weight excluding hydrogens is 288 g/mol. The summed E-state index contributed by atoms with van der Waals surface area (Å²) in [5, 5.41) is 20.2. The van der Waals surface area contributed by atoms with Gasteiger partial charge in [-0.05, 0) is 5.56 Å². The van der Waals surface area contributed by atoms with E-state index in [9.17, 15) is 24.8 Å². The third-order valence-electron chi connectivity index (χ3n) is 3.24. The molecule has 2 aromatic rings. The first kappa shape index (κ1) is 15.3. The molecule has 0 aliphatic heterocycles. The van der Waals surface area contributed by atoms with Crippen molar-refractivity contribution in [2.45, 2.75) is 5.54 Å². The standard InChI is InChI=1S/C15H12N2O5/c16-15(14(19)20,11-6-2-1-3-7-11)13(18)10-5-4-8-12(9-10)17(21)22/h1-9H,16H2,(H,19,20). The van der Waals surface area contributed by atoms with Crippen molar-refractivity contribution in [2.24, 2.45) is 5.73 Å². The average molecular weight is 300 g/mol. The Kier molecular flexibility index (Phi) is 4.00. The van der Waals surface area contributed by atoms with Crippen molar-refractivity contribution >= 4 is 17.4 Å². The van der Waals surface area contributed by atoms with Gasteiger partial charge in [0.05, 0.1) is 4.92 Å². The largest absolute Gasteiger partial charge is 0.479 e. The predicted octanol–water partition coefficient (Wildman–Crippen LogP) is 1.72. The summed E-state index contributed by atoms with van der Waals surface area (Å²) in [4.78, 5) is 34.2. The minimum atomic E-state index is -2.31. The molecule has 7 heteroatoms. The highest BCUT2D eigenvalue weighted by molar-refractivity contribution is 6.16. The van der Waals surface area contributed by atoms with Gasteiger partial charge in [0.2, 0.25) is 5.54 Å². The number of nitro benzene ring substituents is 1. The van der Waals surface area contributed by atoms with Crippen LogP contribution in [0.2, 0.25) is 0 Å². The Balaban J connectivity index is 2.55. The van der Waals surface area contributed by atoms with E-state index in [0.29, 0.717) is 0 Å². The zero-order valence-electron chi connectivity index (χ0n) is 11.3. The number of carboxylic acids is 1. The second-order valence-corrected chi connectivity index (χ2v) is 4.62. The number of aliphatic carboxylic acids is 1. The van der Waals surface area contributed by atoms with Crippen molar-refractivity contribution in [3.8, 4) is 0 Å². The van der Waals surface area contributed by atoms with Gasteiger partial charge in [0, 0.05) is 17.7 Å². The molecule has 0 aromatic heterocycles. The van der Waals surface area contributed by atoms with E-state index in [1.807, 2.05) is 0 Å². The third kappa shape index (κ3) is 2.57. The fourth-order valence-electron chi connectivity index (χ4n) is 2.04. The molecular formula is C15H12N2O5. The minimum absolute atomic E-state index is 0.0963. The van der Waals surface area contributed by atoms with Gasteiger partial charge in [0.15, 0.2) is 5.78 Å². The van der Waals surface area contributed by atoms with Crippen LogP contribution >= 0.6 is 0 Å². The van der Waals surface area contributed by atoms with Crippen LogP contribution in [0.1, 0.15) is 15.9 Å². The molecule has 22 heavy (non-hydrogen) atoms. The second-order valence-electron chi connectivity index (χ2n) is 4.62. The number of carbonyl (C=O) groups excluding carboxylic acids is 1. The number of nitro groups is 1. The first-order valence-electron chi connectivity index (χ1n) is 6.24. The van der Waals surface area contributed by atoms with E-state index in [4.69, 9.17) is 5.73 Å². The van der Waals surface area contributed by atoms with Crippen LogP contribution in [0.5, 0.6) is 0 Å². The Labute approximate surface area is 125 Å². The summed E-state index contributed by atoms with van der Waals surface area (Å²) in [6.45, 7) is 0. The molecule has 0 bridgehead atoms. The normalized spacial score (nSPS) is 13.1. The maximum atomic E-state index is 12.6. The Morgan fingerprint density at radius 1 is 1.09 bits per heavy atom. The molecule has 1 atom stereocenters. The molecule has 0 aliphatic rings. The number of benzene rings is 2. The van der Waals surface area contributed by atoms with Crippen LogP contribution in [0.25, 0.3) is 0 Å². The van der Waals surface area contributed by atoms with Crippen LogP contribution in [-0.2, 0) is 10.3 Å². The summed E-state index contributed by atoms with van der Waals surface area (Å²) < 4.78 is 0. The predicted molar refractivity (Wildman–Crippen MR) is 77.4 cm³/mol. The van der Waals surface area contributed by atoms with Crippen LogP contribution in [-0.4, -0.2) is 21.8 Å². The number of hydrogen-bond acceptors (Lipinski definition) is 5.